The zero-order valence-electron chi connectivity index (χ0n) is 7.65. The molecule has 1 aliphatic heterocycles. The highest BCUT2D eigenvalue weighted by molar-refractivity contribution is 5.03. The third-order valence-electron chi connectivity index (χ3n) is 3.52. The second-order valence-electron chi connectivity index (χ2n) is 4.46. The predicted molar refractivity (Wildman–Crippen MR) is 46.7 cm³/mol. The molecule has 1 atom stereocenters. The minimum atomic E-state index is -2.52. The maximum Gasteiger partial charge on any atom is 0.250 e. The van der Waals surface area contributed by atoms with Crippen LogP contribution in [-0.4, -0.2) is 25.1 Å². The van der Waals surface area contributed by atoms with E-state index >= 15 is 0 Å². The van der Waals surface area contributed by atoms with Crippen LogP contribution in [0.15, 0.2) is 0 Å². The number of rotatable bonds is 0. The number of hydrogen-bond acceptors (Lipinski definition) is 2. The van der Waals surface area contributed by atoms with Gasteiger partial charge in [0.05, 0.1) is 0 Å². The number of alkyl halides is 2. The number of nitrogens with one attached hydrogen (secondary N) is 1. The van der Waals surface area contributed by atoms with Crippen LogP contribution in [0.2, 0.25) is 0 Å². The Morgan fingerprint density at radius 3 is 2.31 bits per heavy atom. The van der Waals surface area contributed by atoms with E-state index in [0.29, 0.717) is 0 Å². The Morgan fingerprint density at radius 2 is 1.85 bits per heavy atom. The monoisotopic (exact) mass is 190 g/mol. The first-order chi connectivity index (χ1) is 6.04. The van der Waals surface area contributed by atoms with E-state index in [0.717, 1.165) is 25.9 Å². The normalized spacial score (nSPS) is 36.7. The minimum Gasteiger partial charge on any atom is -0.327 e. The van der Waals surface area contributed by atoms with Crippen molar-refractivity contribution in [2.75, 3.05) is 13.1 Å². The Balaban J connectivity index is 2.13. The quantitative estimate of drug-likeness (QED) is 0.600. The Kier molecular flexibility index (Phi) is 2.07. The van der Waals surface area contributed by atoms with Gasteiger partial charge in [0.25, 0.3) is 0 Å². The van der Waals surface area contributed by atoms with Crippen molar-refractivity contribution in [3.05, 3.63) is 0 Å². The second-order valence-corrected chi connectivity index (χ2v) is 4.46. The number of piperidine rings is 1. The standard InChI is InChI=1S/C9H16F2N2/c10-9(11)5-7(12)8(6-9)1-3-13-4-2-8/h7,13H,1-6,12H2/t7-/m0/s1. The molecule has 13 heavy (non-hydrogen) atoms. The van der Waals surface area contributed by atoms with Crippen LogP contribution >= 0.6 is 0 Å². The first-order valence-electron chi connectivity index (χ1n) is 4.88. The molecule has 2 aliphatic rings. The van der Waals surface area contributed by atoms with Crippen molar-refractivity contribution < 1.29 is 8.78 Å². The Labute approximate surface area is 76.9 Å². The molecule has 0 unspecified atom stereocenters. The van der Waals surface area contributed by atoms with Crippen molar-refractivity contribution in [1.29, 1.82) is 0 Å². The summed E-state index contributed by atoms with van der Waals surface area (Å²) in [6, 6.07) is -0.301. The van der Waals surface area contributed by atoms with Gasteiger partial charge in [0, 0.05) is 18.9 Å². The lowest BCUT2D eigenvalue weighted by atomic mass is 9.75. The molecule has 1 heterocycles. The molecule has 2 rings (SSSR count). The summed E-state index contributed by atoms with van der Waals surface area (Å²) in [6.45, 7) is 1.67. The van der Waals surface area contributed by atoms with Crippen LogP contribution in [0.3, 0.4) is 0 Å². The van der Waals surface area contributed by atoms with Gasteiger partial charge >= 0.3 is 0 Å². The van der Waals surface area contributed by atoms with Gasteiger partial charge in [-0.2, -0.15) is 0 Å². The number of halogens is 2. The molecule has 0 radical (unpaired) electrons. The van der Waals surface area contributed by atoms with Crippen molar-refractivity contribution in [3.63, 3.8) is 0 Å². The minimum absolute atomic E-state index is 0.00282. The summed E-state index contributed by atoms with van der Waals surface area (Å²) in [5.74, 6) is -2.52. The van der Waals surface area contributed by atoms with Crippen LogP contribution in [0.1, 0.15) is 25.7 Å². The molecular weight excluding hydrogens is 174 g/mol. The Hall–Kier alpha value is -0.220. The molecular formula is C9H16F2N2. The van der Waals surface area contributed by atoms with Crippen molar-refractivity contribution in [2.45, 2.75) is 37.6 Å². The van der Waals surface area contributed by atoms with Crippen LogP contribution < -0.4 is 11.1 Å². The van der Waals surface area contributed by atoms with Gasteiger partial charge in [0.1, 0.15) is 0 Å². The molecule has 0 aromatic heterocycles. The first-order valence-corrected chi connectivity index (χ1v) is 4.88. The molecule has 0 aromatic carbocycles. The van der Waals surface area contributed by atoms with E-state index in [-0.39, 0.29) is 24.3 Å². The molecule has 0 bridgehead atoms. The lowest BCUT2D eigenvalue weighted by molar-refractivity contribution is -0.00756. The van der Waals surface area contributed by atoms with Crippen LogP contribution in [0.25, 0.3) is 0 Å². The van der Waals surface area contributed by atoms with Crippen molar-refractivity contribution in [1.82, 2.24) is 5.32 Å². The fourth-order valence-corrected chi connectivity index (χ4v) is 2.73. The summed E-state index contributed by atoms with van der Waals surface area (Å²) in [4.78, 5) is 0. The van der Waals surface area contributed by atoms with E-state index < -0.39 is 5.92 Å². The Bertz CT molecular complexity index is 200. The molecule has 0 aromatic rings. The molecule has 1 saturated heterocycles. The average molecular weight is 190 g/mol. The van der Waals surface area contributed by atoms with E-state index in [2.05, 4.69) is 5.32 Å². The lowest BCUT2D eigenvalue weighted by Crippen LogP contribution is -2.45. The topological polar surface area (TPSA) is 38.0 Å². The largest absolute Gasteiger partial charge is 0.327 e. The summed E-state index contributed by atoms with van der Waals surface area (Å²) in [5, 5.41) is 3.18. The molecule has 1 aliphatic carbocycles. The van der Waals surface area contributed by atoms with E-state index in [1.807, 2.05) is 0 Å². The van der Waals surface area contributed by atoms with Crippen LogP contribution in [-0.2, 0) is 0 Å². The third-order valence-corrected chi connectivity index (χ3v) is 3.52. The van der Waals surface area contributed by atoms with Gasteiger partial charge in [-0.05, 0) is 31.3 Å². The fraction of sp³-hybridized carbons (Fsp3) is 1.00. The van der Waals surface area contributed by atoms with Gasteiger partial charge in [-0.15, -0.1) is 0 Å². The summed E-state index contributed by atoms with van der Waals surface area (Å²) >= 11 is 0. The molecule has 3 N–H and O–H groups in total. The molecule has 76 valence electrons. The van der Waals surface area contributed by atoms with Gasteiger partial charge in [-0.3, -0.25) is 0 Å². The second kappa shape index (κ2) is 2.89. The zero-order chi connectivity index (χ0) is 9.53. The molecule has 1 saturated carbocycles. The third kappa shape index (κ3) is 1.57. The van der Waals surface area contributed by atoms with Gasteiger partial charge < -0.3 is 11.1 Å². The van der Waals surface area contributed by atoms with E-state index in [1.54, 1.807) is 0 Å². The molecule has 0 amide bonds. The smallest absolute Gasteiger partial charge is 0.250 e. The highest BCUT2D eigenvalue weighted by Gasteiger charge is 2.54. The summed E-state index contributed by atoms with van der Waals surface area (Å²) in [5.41, 5.74) is 5.54. The van der Waals surface area contributed by atoms with Crippen molar-refractivity contribution >= 4 is 0 Å². The zero-order valence-corrected chi connectivity index (χ0v) is 7.65. The average Bonchev–Trinajstić information content (AvgIpc) is 2.23. The van der Waals surface area contributed by atoms with Crippen LogP contribution in [0.4, 0.5) is 8.78 Å². The predicted octanol–water partition coefficient (Wildman–Crippen LogP) is 1.11. The highest BCUT2D eigenvalue weighted by Crippen LogP contribution is 2.51. The fourth-order valence-electron chi connectivity index (χ4n) is 2.73. The SMILES string of the molecule is N[C@H]1CC(F)(F)CC12CCNCC2. The van der Waals surface area contributed by atoms with Crippen molar-refractivity contribution in [3.8, 4) is 0 Å². The Morgan fingerprint density at radius 1 is 1.23 bits per heavy atom. The van der Waals surface area contributed by atoms with Crippen molar-refractivity contribution in [2.24, 2.45) is 11.1 Å². The maximum absolute atomic E-state index is 13.1. The number of nitrogens with two attached hydrogens (primary N) is 1. The summed E-state index contributed by atoms with van der Waals surface area (Å²) in [7, 11) is 0. The van der Waals surface area contributed by atoms with Crippen LogP contribution in [0.5, 0.6) is 0 Å². The molecule has 4 heteroatoms. The number of hydrogen-bond donors (Lipinski definition) is 2. The van der Waals surface area contributed by atoms with E-state index in [1.165, 1.54) is 0 Å². The van der Waals surface area contributed by atoms with E-state index in [9.17, 15) is 8.78 Å². The van der Waals surface area contributed by atoms with E-state index in [4.69, 9.17) is 5.73 Å². The summed E-state index contributed by atoms with van der Waals surface area (Å²) in [6.07, 6.45) is 1.50. The molecule has 2 nitrogen and oxygen atoms in total. The molecule has 2 fully saturated rings. The van der Waals surface area contributed by atoms with Gasteiger partial charge in [0.15, 0.2) is 0 Å². The van der Waals surface area contributed by atoms with Gasteiger partial charge in [-0.25, -0.2) is 8.78 Å². The maximum atomic E-state index is 13.1. The van der Waals surface area contributed by atoms with Crippen LogP contribution in [0, 0.1) is 5.41 Å². The highest BCUT2D eigenvalue weighted by atomic mass is 19.3. The lowest BCUT2D eigenvalue weighted by Gasteiger charge is -2.37. The summed E-state index contributed by atoms with van der Waals surface area (Å²) < 4.78 is 26.2. The molecule has 1 spiro atoms. The van der Waals surface area contributed by atoms with Gasteiger partial charge in [0.2, 0.25) is 5.92 Å². The first kappa shape index (κ1) is 9.34. The van der Waals surface area contributed by atoms with Gasteiger partial charge in [-0.1, -0.05) is 0 Å².